The lowest BCUT2D eigenvalue weighted by molar-refractivity contribution is 0.0948. The first-order valence-corrected chi connectivity index (χ1v) is 7.95. The van der Waals surface area contributed by atoms with Crippen LogP contribution in [-0.2, 0) is 13.0 Å². The summed E-state index contributed by atoms with van der Waals surface area (Å²) in [5, 5.41) is 3.22. The zero-order chi connectivity index (χ0) is 15.1. The predicted molar refractivity (Wildman–Crippen MR) is 93.8 cm³/mol. The number of carbonyl (C=O) groups is 1. The molecule has 3 N–H and O–H groups in total. The molecule has 0 aliphatic heterocycles. The van der Waals surface area contributed by atoms with E-state index in [0.29, 0.717) is 30.0 Å². The van der Waals surface area contributed by atoms with E-state index in [4.69, 9.17) is 5.73 Å². The Morgan fingerprint density at radius 1 is 1.13 bits per heavy atom. The number of aryl methyl sites for hydroxylation is 1. The van der Waals surface area contributed by atoms with Crippen molar-refractivity contribution < 1.29 is 4.79 Å². The van der Waals surface area contributed by atoms with Gasteiger partial charge in [0.15, 0.2) is 0 Å². The average molecular weight is 329 g/mol. The molecule has 0 radical (unpaired) electrons. The van der Waals surface area contributed by atoms with Gasteiger partial charge in [-0.05, 0) is 47.6 Å². The van der Waals surface area contributed by atoms with Gasteiger partial charge in [-0.15, -0.1) is 12.4 Å². The minimum atomic E-state index is 0. The maximum atomic E-state index is 12.4. The van der Waals surface area contributed by atoms with Crippen molar-refractivity contribution in [3.8, 4) is 0 Å². The lowest BCUT2D eigenvalue weighted by Gasteiger charge is -2.13. The Hall–Kier alpha value is -1.84. The van der Waals surface area contributed by atoms with Crippen molar-refractivity contribution in [2.75, 3.05) is 0 Å². The highest BCUT2D eigenvalue weighted by Crippen LogP contribution is 2.54. The first kappa shape index (κ1) is 16.0. The van der Waals surface area contributed by atoms with Crippen molar-refractivity contribution in [2.24, 2.45) is 11.7 Å². The Balaban J connectivity index is 0.00000156. The van der Waals surface area contributed by atoms with Crippen LogP contribution in [0.5, 0.6) is 0 Å². The van der Waals surface area contributed by atoms with Crippen LogP contribution < -0.4 is 11.1 Å². The Morgan fingerprint density at radius 3 is 2.61 bits per heavy atom. The molecule has 120 valence electrons. The van der Waals surface area contributed by atoms with E-state index in [2.05, 4.69) is 29.6 Å². The van der Waals surface area contributed by atoms with Crippen LogP contribution in [0.4, 0.5) is 0 Å². The number of benzene rings is 2. The van der Waals surface area contributed by atoms with Crippen LogP contribution in [0, 0.1) is 5.92 Å². The Kier molecular flexibility index (Phi) is 4.42. The van der Waals surface area contributed by atoms with E-state index >= 15 is 0 Å². The maximum Gasteiger partial charge on any atom is 0.251 e. The Labute approximate surface area is 142 Å². The number of carbonyl (C=O) groups excluding carboxylic acids is 1. The molecule has 3 unspecified atom stereocenters. The lowest BCUT2D eigenvalue weighted by atomic mass is 9.92. The summed E-state index contributed by atoms with van der Waals surface area (Å²) in [4.78, 5) is 12.4. The number of halogens is 1. The van der Waals surface area contributed by atoms with Crippen molar-refractivity contribution in [1.82, 2.24) is 5.32 Å². The third-order valence-corrected chi connectivity index (χ3v) is 5.08. The number of hydrogen-bond donors (Lipinski definition) is 2. The summed E-state index contributed by atoms with van der Waals surface area (Å²) >= 11 is 0. The molecule has 4 rings (SSSR count). The largest absolute Gasteiger partial charge is 0.348 e. The van der Waals surface area contributed by atoms with E-state index < -0.39 is 0 Å². The van der Waals surface area contributed by atoms with Crippen molar-refractivity contribution >= 4 is 18.3 Å². The molecule has 1 saturated carbocycles. The number of nitrogens with two attached hydrogens (primary N) is 1. The zero-order valence-electron chi connectivity index (χ0n) is 12.9. The minimum Gasteiger partial charge on any atom is -0.348 e. The van der Waals surface area contributed by atoms with Gasteiger partial charge in [-0.25, -0.2) is 0 Å². The van der Waals surface area contributed by atoms with Gasteiger partial charge in [-0.2, -0.15) is 0 Å². The molecule has 2 aromatic rings. The highest BCUT2D eigenvalue weighted by molar-refractivity contribution is 5.94. The molecular weight excluding hydrogens is 308 g/mol. The summed E-state index contributed by atoms with van der Waals surface area (Å²) in [6.07, 6.45) is 2.31. The minimum absolute atomic E-state index is 0. The molecular formula is C19H21ClN2O. The maximum absolute atomic E-state index is 12.4. The zero-order valence-corrected chi connectivity index (χ0v) is 13.7. The molecule has 23 heavy (non-hydrogen) atoms. The van der Waals surface area contributed by atoms with E-state index in [1.54, 1.807) is 0 Å². The van der Waals surface area contributed by atoms with Crippen LogP contribution in [0.15, 0.2) is 48.5 Å². The van der Waals surface area contributed by atoms with Gasteiger partial charge in [0, 0.05) is 24.1 Å². The number of nitrogens with one attached hydrogen (secondary N) is 1. The highest BCUT2D eigenvalue weighted by atomic mass is 35.5. The second kappa shape index (κ2) is 6.34. The normalized spacial score (nSPS) is 24.0. The molecule has 4 heteroatoms. The average Bonchev–Trinajstić information content (AvgIpc) is 3.28. The first-order valence-electron chi connectivity index (χ1n) is 7.95. The van der Waals surface area contributed by atoms with Crippen LogP contribution in [-0.4, -0.2) is 11.9 Å². The van der Waals surface area contributed by atoms with Gasteiger partial charge >= 0.3 is 0 Å². The topological polar surface area (TPSA) is 55.1 Å². The van der Waals surface area contributed by atoms with Crippen LogP contribution in [0.1, 0.15) is 39.4 Å². The van der Waals surface area contributed by atoms with Crippen molar-refractivity contribution in [3.63, 3.8) is 0 Å². The second-order valence-corrected chi connectivity index (χ2v) is 6.33. The highest BCUT2D eigenvalue weighted by Gasteiger charge is 2.53. The van der Waals surface area contributed by atoms with Crippen LogP contribution in [0.2, 0.25) is 0 Å². The van der Waals surface area contributed by atoms with Gasteiger partial charge in [-0.1, -0.05) is 36.4 Å². The van der Waals surface area contributed by atoms with Gasteiger partial charge < -0.3 is 11.1 Å². The summed E-state index contributed by atoms with van der Waals surface area (Å²) < 4.78 is 0. The lowest BCUT2D eigenvalue weighted by Crippen LogP contribution is -2.27. The van der Waals surface area contributed by atoms with Gasteiger partial charge in [-0.3, -0.25) is 4.79 Å². The van der Waals surface area contributed by atoms with Gasteiger partial charge in [0.05, 0.1) is 0 Å². The fourth-order valence-corrected chi connectivity index (χ4v) is 3.79. The Morgan fingerprint density at radius 2 is 1.87 bits per heavy atom. The van der Waals surface area contributed by atoms with Gasteiger partial charge in [0.25, 0.3) is 5.91 Å². The number of fused-ring (bicyclic) bond motifs is 3. The molecule has 0 aromatic heterocycles. The van der Waals surface area contributed by atoms with E-state index in [9.17, 15) is 4.79 Å². The predicted octanol–water partition coefficient (Wildman–Crippen LogP) is 3.03. The number of amides is 1. The van der Waals surface area contributed by atoms with Gasteiger partial charge in [0.2, 0.25) is 0 Å². The molecule has 2 aliphatic rings. The van der Waals surface area contributed by atoms with Gasteiger partial charge in [0.1, 0.15) is 0 Å². The molecule has 0 bridgehead atoms. The van der Waals surface area contributed by atoms with E-state index in [0.717, 1.165) is 12.0 Å². The second-order valence-electron chi connectivity index (χ2n) is 6.33. The summed E-state index contributed by atoms with van der Waals surface area (Å²) in [6.45, 7) is 0.505. The Bertz CT molecular complexity index is 714. The monoisotopic (exact) mass is 328 g/mol. The SMILES string of the molecule is Cl.NCc1ccc(C(=O)NC2C3CCc4ccccc4C32)cc1. The number of rotatable bonds is 3. The van der Waals surface area contributed by atoms with Crippen LogP contribution >= 0.6 is 12.4 Å². The molecule has 1 fully saturated rings. The molecule has 3 atom stereocenters. The standard InChI is InChI=1S/C19H20N2O.ClH/c20-11-12-5-7-14(8-6-12)19(22)21-18-16-10-9-13-3-1-2-4-15(13)17(16)18;/h1-8,16-18H,9-11,20H2,(H,21,22);1H. The molecule has 1 amide bonds. The molecule has 0 heterocycles. The van der Waals surface area contributed by atoms with Crippen molar-refractivity contribution in [2.45, 2.75) is 31.3 Å². The quantitative estimate of drug-likeness (QED) is 0.910. The molecule has 0 spiro atoms. The van der Waals surface area contributed by atoms with E-state index in [1.807, 2.05) is 24.3 Å². The third kappa shape index (κ3) is 2.87. The summed E-state index contributed by atoms with van der Waals surface area (Å²) in [5.74, 6) is 1.15. The van der Waals surface area contributed by atoms with Crippen LogP contribution in [0.25, 0.3) is 0 Å². The molecule has 0 saturated heterocycles. The fourth-order valence-electron chi connectivity index (χ4n) is 3.79. The van der Waals surface area contributed by atoms with E-state index in [-0.39, 0.29) is 18.3 Å². The molecule has 2 aromatic carbocycles. The van der Waals surface area contributed by atoms with Crippen LogP contribution in [0.3, 0.4) is 0 Å². The summed E-state index contributed by atoms with van der Waals surface area (Å²) in [7, 11) is 0. The van der Waals surface area contributed by atoms with Crippen molar-refractivity contribution in [3.05, 3.63) is 70.8 Å². The summed E-state index contributed by atoms with van der Waals surface area (Å²) in [5.41, 5.74) is 10.2. The molecule has 2 aliphatic carbocycles. The van der Waals surface area contributed by atoms with E-state index in [1.165, 1.54) is 17.5 Å². The first-order chi connectivity index (χ1) is 10.8. The smallest absolute Gasteiger partial charge is 0.251 e. The summed E-state index contributed by atoms with van der Waals surface area (Å²) in [6, 6.07) is 16.5. The number of hydrogen-bond acceptors (Lipinski definition) is 2. The fraction of sp³-hybridized carbons (Fsp3) is 0.316. The third-order valence-electron chi connectivity index (χ3n) is 5.08. The molecule has 3 nitrogen and oxygen atoms in total. The van der Waals surface area contributed by atoms with Crippen molar-refractivity contribution in [1.29, 1.82) is 0 Å².